The third kappa shape index (κ3) is 4.45. The molecule has 27 heavy (non-hydrogen) atoms. The normalized spacial score (nSPS) is 14.4. The van der Waals surface area contributed by atoms with Crippen LogP contribution in [0.5, 0.6) is 0 Å². The molecule has 2 heterocycles. The Morgan fingerprint density at radius 2 is 1.70 bits per heavy atom. The van der Waals surface area contributed by atoms with Crippen LogP contribution in [-0.2, 0) is 4.79 Å². The summed E-state index contributed by atoms with van der Waals surface area (Å²) in [7, 11) is 0. The minimum atomic E-state index is -0.0495. The maximum atomic E-state index is 12.8. The summed E-state index contributed by atoms with van der Waals surface area (Å²) in [5.41, 5.74) is 3.58. The first kappa shape index (κ1) is 18.9. The van der Waals surface area contributed by atoms with Crippen LogP contribution in [0.25, 0.3) is 0 Å². The number of hydrogen-bond acceptors (Lipinski definition) is 4. The van der Waals surface area contributed by atoms with Gasteiger partial charge in [0.05, 0.1) is 17.4 Å². The molecule has 1 fully saturated rings. The lowest BCUT2D eigenvalue weighted by molar-refractivity contribution is -0.130. The number of benzene rings is 1. The first-order valence-electron chi connectivity index (χ1n) is 9.31. The lowest BCUT2D eigenvalue weighted by Gasteiger charge is -2.34. The molecule has 0 bridgehead atoms. The van der Waals surface area contributed by atoms with Gasteiger partial charge < -0.3 is 15.1 Å². The Labute approximate surface area is 160 Å². The van der Waals surface area contributed by atoms with Gasteiger partial charge in [0.25, 0.3) is 5.91 Å². The van der Waals surface area contributed by atoms with E-state index in [0.29, 0.717) is 37.7 Å². The average Bonchev–Trinajstić information content (AvgIpc) is 2.68. The van der Waals surface area contributed by atoms with Gasteiger partial charge in [-0.2, -0.15) is 0 Å². The molecule has 3 rings (SSSR count). The molecule has 1 aliphatic rings. The van der Waals surface area contributed by atoms with Gasteiger partial charge in [-0.3, -0.25) is 14.6 Å². The van der Waals surface area contributed by atoms with Crippen LogP contribution in [0.2, 0.25) is 0 Å². The Morgan fingerprint density at radius 1 is 1.04 bits per heavy atom. The number of aromatic nitrogens is 1. The quantitative estimate of drug-likeness (QED) is 0.902. The summed E-state index contributed by atoms with van der Waals surface area (Å²) in [6, 6.07) is 9.99. The molecule has 1 aromatic heterocycles. The number of nitrogens with one attached hydrogen (secondary N) is 1. The first-order valence-corrected chi connectivity index (χ1v) is 9.31. The van der Waals surface area contributed by atoms with Gasteiger partial charge in [-0.15, -0.1) is 0 Å². The van der Waals surface area contributed by atoms with Crippen molar-refractivity contribution >= 4 is 23.2 Å². The molecule has 0 atom stereocenters. The molecule has 2 aromatic rings. The van der Waals surface area contributed by atoms with Crippen molar-refractivity contribution in [1.82, 2.24) is 14.8 Å². The molecule has 0 spiro atoms. The summed E-state index contributed by atoms with van der Waals surface area (Å²) in [5.74, 6) is 0.398. The summed E-state index contributed by atoms with van der Waals surface area (Å²) in [6.07, 6.45) is 3.32. The van der Waals surface area contributed by atoms with Gasteiger partial charge >= 0.3 is 0 Å². The molecule has 0 aliphatic carbocycles. The Hall–Kier alpha value is -2.89. The molecule has 6 heteroatoms. The largest absolute Gasteiger partial charge is 0.354 e. The van der Waals surface area contributed by atoms with Gasteiger partial charge in [0.1, 0.15) is 0 Å². The van der Waals surface area contributed by atoms with Crippen molar-refractivity contribution in [3.8, 4) is 0 Å². The highest BCUT2D eigenvalue weighted by molar-refractivity contribution is 5.95. The maximum absolute atomic E-state index is 12.8. The second kappa shape index (κ2) is 8.20. The number of anilines is 2. The highest BCUT2D eigenvalue weighted by Gasteiger charge is 2.23. The fourth-order valence-corrected chi connectivity index (χ4v) is 3.30. The molecule has 2 amide bonds. The van der Waals surface area contributed by atoms with Crippen LogP contribution in [0.4, 0.5) is 11.4 Å². The molecule has 0 unspecified atom stereocenters. The Kier molecular flexibility index (Phi) is 5.74. The van der Waals surface area contributed by atoms with Gasteiger partial charge in [-0.1, -0.05) is 32.0 Å². The van der Waals surface area contributed by atoms with Gasteiger partial charge in [0.2, 0.25) is 5.91 Å². The van der Waals surface area contributed by atoms with Crippen LogP contribution in [0.1, 0.15) is 42.6 Å². The minimum Gasteiger partial charge on any atom is -0.354 e. The fourth-order valence-electron chi connectivity index (χ4n) is 3.30. The summed E-state index contributed by atoms with van der Waals surface area (Å²) >= 11 is 0. The summed E-state index contributed by atoms with van der Waals surface area (Å²) in [4.78, 5) is 32.0. The molecule has 1 N–H and O–H groups in total. The third-order valence-electron chi connectivity index (χ3n) is 4.86. The number of nitrogens with zero attached hydrogens (tertiary/aromatic N) is 3. The molecule has 1 saturated heterocycles. The summed E-state index contributed by atoms with van der Waals surface area (Å²) in [5, 5.41) is 3.39. The highest BCUT2D eigenvalue weighted by Crippen LogP contribution is 2.27. The smallest absolute Gasteiger partial charge is 0.255 e. The van der Waals surface area contributed by atoms with Crippen LogP contribution >= 0.6 is 0 Å². The number of carbonyl (C=O) groups excluding carboxylic acids is 2. The fraction of sp³-hybridized carbons (Fsp3) is 0.381. The van der Waals surface area contributed by atoms with E-state index >= 15 is 0 Å². The van der Waals surface area contributed by atoms with Crippen molar-refractivity contribution in [2.45, 2.75) is 26.7 Å². The average molecular weight is 366 g/mol. The van der Waals surface area contributed by atoms with E-state index in [0.717, 1.165) is 11.4 Å². The van der Waals surface area contributed by atoms with Gasteiger partial charge in [-0.05, 0) is 23.6 Å². The highest BCUT2D eigenvalue weighted by atomic mass is 16.2. The van der Waals surface area contributed by atoms with E-state index in [-0.39, 0.29) is 11.8 Å². The van der Waals surface area contributed by atoms with Crippen LogP contribution in [-0.4, -0.2) is 52.8 Å². The zero-order valence-corrected chi connectivity index (χ0v) is 16.1. The number of amides is 2. The van der Waals surface area contributed by atoms with Crippen LogP contribution in [0.3, 0.4) is 0 Å². The van der Waals surface area contributed by atoms with Crippen molar-refractivity contribution in [2.75, 3.05) is 31.5 Å². The number of hydrogen-bond donors (Lipinski definition) is 1. The standard InChI is InChI=1S/C21H26N4O2/c1-15(2)19-6-4-5-7-20(19)23-18-12-17(13-22-14-18)21(27)25-10-8-24(9-11-25)16(3)26/h4-7,12-15,23H,8-11H2,1-3H3. The molecule has 1 aliphatic heterocycles. The van der Waals surface area contributed by atoms with Gasteiger partial charge in [-0.25, -0.2) is 0 Å². The van der Waals surface area contributed by atoms with Crippen LogP contribution in [0.15, 0.2) is 42.7 Å². The van der Waals surface area contributed by atoms with E-state index in [2.05, 4.69) is 30.2 Å². The third-order valence-corrected chi connectivity index (χ3v) is 4.86. The van der Waals surface area contributed by atoms with Crippen LogP contribution in [0, 0.1) is 0 Å². The van der Waals surface area contributed by atoms with Gasteiger partial charge in [0, 0.05) is 45.0 Å². The van der Waals surface area contributed by atoms with E-state index in [4.69, 9.17) is 0 Å². The predicted molar refractivity (Wildman–Crippen MR) is 106 cm³/mol. The predicted octanol–water partition coefficient (Wildman–Crippen LogP) is 3.25. The molecule has 1 aromatic carbocycles. The van der Waals surface area contributed by atoms with Crippen molar-refractivity contribution < 1.29 is 9.59 Å². The van der Waals surface area contributed by atoms with Crippen molar-refractivity contribution in [3.05, 3.63) is 53.9 Å². The molecule has 142 valence electrons. The van der Waals surface area contributed by atoms with Gasteiger partial charge in [0.15, 0.2) is 0 Å². The Balaban J connectivity index is 1.73. The van der Waals surface area contributed by atoms with E-state index < -0.39 is 0 Å². The molecule has 0 radical (unpaired) electrons. The molecular weight excluding hydrogens is 340 g/mol. The molecular formula is C21H26N4O2. The SMILES string of the molecule is CC(=O)N1CCN(C(=O)c2cncc(Nc3ccccc3C(C)C)c2)CC1. The van der Waals surface area contributed by atoms with E-state index in [9.17, 15) is 9.59 Å². The molecule has 6 nitrogen and oxygen atoms in total. The Morgan fingerprint density at radius 3 is 2.37 bits per heavy atom. The number of rotatable bonds is 4. The summed E-state index contributed by atoms with van der Waals surface area (Å²) < 4.78 is 0. The maximum Gasteiger partial charge on any atom is 0.255 e. The van der Waals surface area contributed by atoms with E-state index in [1.165, 1.54) is 5.56 Å². The number of para-hydroxylation sites is 1. The van der Waals surface area contributed by atoms with Crippen molar-refractivity contribution in [2.24, 2.45) is 0 Å². The lowest BCUT2D eigenvalue weighted by atomic mass is 10.0. The second-order valence-electron chi connectivity index (χ2n) is 7.13. The van der Waals surface area contributed by atoms with Crippen molar-refractivity contribution in [1.29, 1.82) is 0 Å². The topological polar surface area (TPSA) is 65.5 Å². The zero-order chi connectivity index (χ0) is 19.4. The molecule has 0 saturated carbocycles. The number of pyridine rings is 1. The monoisotopic (exact) mass is 366 g/mol. The van der Waals surface area contributed by atoms with E-state index in [1.807, 2.05) is 24.3 Å². The lowest BCUT2D eigenvalue weighted by Crippen LogP contribution is -2.50. The van der Waals surface area contributed by atoms with E-state index in [1.54, 1.807) is 29.1 Å². The second-order valence-corrected chi connectivity index (χ2v) is 7.13. The van der Waals surface area contributed by atoms with Crippen molar-refractivity contribution in [3.63, 3.8) is 0 Å². The zero-order valence-electron chi connectivity index (χ0n) is 16.1. The Bertz CT molecular complexity index is 826. The summed E-state index contributed by atoms with van der Waals surface area (Å²) in [6.45, 7) is 8.12. The minimum absolute atomic E-state index is 0.0495. The van der Waals surface area contributed by atoms with Crippen LogP contribution < -0.4 is 5.32 Å². The number of piperazine rings is 1. The number of carbonyl (C=O) groups is 2. The first-order chi connectivity index (χ1) is 13.0.